The first-order valence-corrected chi connectivity index (χ1v) is 11.3. The van der Waals surface area contributed by atoms with Crippen LogP contribution in [-0.4, -0.2) is 52.9 Å². The van der Waals surface area contributed by atoms with E-state index >= 15 is 0 Å². The molecular weight excluding hydrogens is 439 g/mol. The first-order chi connectivity index (χ1) is 13.7. The molecule has 30 heavy (non-hydrogen) atoms. The van der Waals surface area contributed by atoms with Crippen LogP contribution in [0.4, 0.5) is 0 Å². The standard InChI is InChI=1S/C22H28N4OS.2ClH/c23-20-17-7-6-16(12-17)19(20)22(27)26-10-8-25(9-11-26)13-18-14-28-21(24-18)15-4-2-1-3-5-15;;/h1-5,14,16-17,19-20H,6-13,23H2;2*1H. The van der Waals surface area contributed by atoms with Crippen LogP contribution in [0, 0.1) is 17.8 Å². The Kier molecular flexibility index (Phi) is 7.80. The summed E-state index contributed by atoms with van der Waals surface area (Å²) in [6.07, 6.45) is 3.59. The molecule has 3 aliphatic rings. The van der Waals surface area contributed by atoms with E-state index in [1.807, 2.05) is 6.07 Å². The van der Waals surface area contributed by atoms with Gasteiger partial charge in [-0.1, -0.05) is 30.3 Å². The van der Waals surface area contributed by atoms with E-state index in [0.29, 0.717) is 17.7 Å². The van der Waals surface area contributed by atoms with Crippen molar-refractivity contribution in [2.75, 3.05) is 26.2 Å². The Morgan fingerprint density at radius 2 is 1.77 bits per heavy atom. The van der Waals surface area contributed by atoms with E-state index in [2.05, 4.69) is 39.4 Å². The molecule has 1 saturated heterocycles. The van der Waals surface area contributed by atoms with Crippen LogP contribution in [0.5, 0.6) is 0 Å². The Balaban J connectivity index is 0.00000128. The maximum atomic E-state index is 13.0. The van der Waals surface area contributed by atoms with Gasteiger partial charge in [-0.15, -0.1) is 36.2 Å². The normalized spacial score (nSPS) is 28.1. The second kappa shape index (κ2) is 9.96. The molecule has 4 atom stereocenters. The van der Waals surface area contributed by atoms with Crippen molar-refractivity contribution in [3.05, 3.63) is 41.4 Å². The number of halogens is 2. The average molecular weight is 469 g/mol. The highest BCUT2D eigenvalue weighted by Gasteiger charge is 2.50. The van der Waals surface area contributed by atoms with Crippen LogP contribution in [0.3, 0.4) is 0 Å². The second-order valence-corrected chi connectivity index (χ2v) is 9.41. The largest absolute Gasteiger partial charge is 0.340 e. The summed E-state index contributed by atoms with van der Waals surface area (Å²) in [6.45, 7) is 4.32. The van der Waals surface area contributed by atoms with Crippen molar-refractivity contribution in [1.82, 2.24) is 14.8 Å². The lowest BCUT2D eigenvalue weighted by molar-refractivity contribution is -0.139. The zero-order valence-electron chi connectivity index (χ0n) is 17.0. The zero-order chi connectivity index (χ0) is 19.1. The molecule has 2 bridgehead atoms. The maximum absolute atomic E-state index is 13.0. The molecule has 2 aromatic rings. The first kappa shape index (κ1) is 23.5. The van der Waals surface area contributed by atoms with E-state index in [4.69, 9.17) is 10.7 Å². The Morgan fingerprint density at radius 1 is 1.07 bits per heavy atom. The number of fused-ring (bicyclic) bond motifs is 2. The number of amides is 1. The molecule has 1 aliphatic heterocycles. The minimum Gasteiger partial charge on any atom is -0.340 e. The molecule has 5 rings (SSSR count). The topological polar surface area (TPSA) is 62.5 Å². The number of rotatable bonds is 4. The van der Waals surface area contributed by atoms with Gasteiger partial charge in [0.15, 0.2) is 0 Å². The van der Waals surface area contributed by atoms with Crippen LogP contribution in [-0.2, 0) is 11.3 Å². The fourth-order valence-electron chi connectivity index (χ4n) is 5.36. The highest BCUT2D eigenvalue weighted by Crippen LogP contribution is 2.48. The number of nitrogens with two attached hydrogens (primary N) is 1. The summed E-state index contributed by atoms with van der Waals surface area (Å²) in [7, 11) is 0. The SMILES string of the molecule is Cl.Cl.NC1C2CCC(C2)C1C(=O)N1CCN(Cc2csc(-c3ccccc3)n2)CC1. The van der Waals surface area contributed by atoms with Gasteiger partial charge >= 0.3 is 0 Å². The van der Waals surface area contributed by atoms with Gasteiger partial charge in [-0.2, -0.15) is 0 Å². The third-order valence-electron chi connectivity index (χ3n) is 6.91. The van der Waals surface area contributed by atoms with Gasteiger partial charge in [-0.05, 0) is 31.1 Å². The lowest BCUT2D eigenvalue weighted by Crippen LogP contribution is -2.53. The first-order valence-electron chi connectivity index (χ1n) is 10.5. The van der Waals surface area contributed by atoms with Gasteiger partial charge < -0.3 is 10.6 Å². The van der Waals surface area contributed by atoms with E-state index in [0.717, 1.165) is 43.4 Å². The third-order valence-corrected chi connectivity index (χ3v) is 7.85. The number of hydrogen-bond acceptors (Lipinski definition) is 5. The van der Waals surface area contributed by atoms with Gasteiger partial charge in [0.25, 0.3) is 0 Å². The number of thiazole rings is 1. The molecule has 0 radical (unpaired) electrons. The molecule has 0 spiro atoms. The number of carbonyl (C=O) groups excluding carboxylic acids is 1. The summed E-state index contributed by atoms with van der Waals surface area (Å²) in [4.78, 5) is 22.3. The summed E-state index contributed by atoms with van der Waals surface area (Å²) in [5.41, 5.74) is 8.69. The molecule has 2 aliphatic carbocycles. The van der Waals surface area contributed by atoms with E-state index in [1.165, 1.54) is 24.8 Å². The molecule has 5 nitrogen and oxygen atoms in total. The third kappa shape index (κ3) is 4.53. The highest BCUT2D eigenvalue weighted by atomic mass is 35.5. The number of benzene rings is 1. The fraction of sp³-hybridized carbons (Fsp3) is 0.545. The molecule has 1 aromatic carbocycles. The number of aromatic nitrogens is 1. The minimum absolute atomic E-state index is 0. The monoisotopic (exact) mass is 468 g/mol. The van der Waals surface area contributed by atoms with Gasteiger partial charge in [-0.3, -0.25) is 9.69 Å². The molecule has 4 unspecified atom stereocenters. The van der Waals surface area contributed by atoms with Gasteiger partial charge in [-0.25, -0.2) is 4.98 Å². The second-order valence-electron chi connectivity index (χ2n) is 8.55. The van der Waals surface area contributed by atoms with Gasteiger partial charge in [0.05, 0.1) is 11.6 Å². The van der Waals surface area contributed by atoms with Crippen molar-refractivity contribution in [3.8, 4) is 10.6 Å². The molecule has 3 fully saturated rings. The van der Waals surface area contributed by atoms with Crippen LogP contribution in [0.1, 0.15) is 25.0 Å². The molecule has 1 amide bonds. The Labute approximate surface area is 194 Å². The maximum Gasteiger partial charge on any atom is 0.227 e. The van der Waals surface area contributed by atoms with Crippen LogP contribution >= 0.6 is 36.2 Å². The molecular formula is C22H30Cl2N4OS. The number of piperazine rings is 1. The lowest BCUT2D eigenvalue weighted by Gasteiger charge is -2.38. The molecule has 2 N–H and O–H groups in total. The van der Waals surface area contributed by atoms with Crippen LogP contribution in [0.2, 0.25) is 0 Å². The van der Waals surface area contributed by atoms with E-state index in [1.54, 1.807) is 11.3 Å². The summed E-state index contributed by atoms with van der Waals surface area (Å²) < 4.78 is 0. The number of carbonyl (C=O) groups is 1. The van der Waals surface area contributed by atoms with Crippen molar-refractivity contribution < 1.29 is 4.79 Å². The van der Waals surface area contributed by atoms with E-state index < -0.39 is 0 Å². The molecule has 1 aromatic heterocycles. The molecule has 164 valence electrons. The lowest BCUT2D eigenvalue weighted by atomic mass is 9.84. The van der Waals surface area contributed by atoms with Crippen LogP contribution < -0.4 is 5.73 Å². The van der Waals surface area contributed by atoms with E-state index in [-0.39, 0.29) is 36.8 Å². The quantitative estimate of drug-likeness (QED) is 0.743. The van der Waals surface area contributed by atoms with Gasteiger partial charge in [0, 0.05) is 49.7 Å². The average Bonchev–Trinajstić information content (AvgIpc) is 3.45. The molecule has 8 heteroatoms. The minimum atomic E-state index is 0. The predicted octanol–water partition coefficient (Wildman–Crippen LogP) is 3.67. The van der Waals surface area contributed by atoms with Gasteiger partial charge in [0.1, 0.15) is 5.01 Å². The van der Waals surface area contributed by atoms with E-state index in [9.17, 15) is 4.79 Å². The summed E-state index contributed by atoms with van der Waals surface area (Å²) in [6, 6.07) is 10.4. The zero-order valence-corrected chi connectivity index (χ0v) is 19.4. The Hall–Kier alpha value is -1.18. The Bertz CT molecular complexity index is 839. The van der Waals surface area contributed by atoms with Crippen LogP contribution in [0.25, 0.3) is 10.6 Å². The predicted molar refractivity (Wildman–Crippen MR) is 126 cm³/mol. The van der Waals surface area contributed by atoms with Gasteiger partial charge in [0.2, 0.25) is 5.91 Å². The summed E-state index contributed by atoms with van der Waals surface area (Å²) in [5, 5.41) is 3.24. The van der Waals surface area contributed by atoms with Crippen molar-refractivity contribution in [1.29, 1.82) is 0 Å². The fourth-order valence-corrected chi connectivity index (χ4v) is 6.18. The summed E-state index contributed by atoms with van der Waals surface area (Å²) >= 11 is 1.70. The number of nitrogens with zero attached hydrogens (tertiary/aromatic N) is 3. The molecule has 2 heterocycles. The van der Waals surface area contributed by atoms with Crippen molar-refractivity contribution in [2.45, 2.75) is 31.8 Å². The Morgan fingerprint density at radius 3 is 2.43 bits per heavy atom. The van der Waals surface area contributed by atoms with Crippen molar-refractivity contribution in [3.63, 3.8) is 0 Å². The highest BCUT2D eigenvalue weighted by molar-refractivity contribution is 7.13. The summed E-state index contributed by atoms with van der Waals surface area (Å²) in [5.74, 6) is 1.53. The number of hydrogen-bond donors (Lipinski definition) is 1. The van der Waals surface area contributed by atoms with Crippen molar-refractivity contribution >= 4 is 42.1 Å². The smallest absolute Gasteiger partial charge is 0.227 e. The van der Waals surface area contributed by atoms with Crippen LogP contribution in [0.15, 0.2) is 35.7 Å². The molecule has 2 saturated carbocycles. The van der Waals surface area contributed by atoms with Crippen molar-refractivity contribution in [2.24, 2.45) is 23.5 Å².